The lowest BCUT2D eigenvalue weighted by molar-refractivity contribution is -0.161. The van der Waals surface area contributed by atoms with Crippen molar-refractivity contribution in [3.8, 4) is 0 Å². The topological polar surface area (TPSA) is 134 Å². The Labute approximate surface area is 592 Å². The lowest BCUT2D eigenvalue weighted by Gasteiger charge is -2.19. The molecule has 2 atom stereocenters. The molecule has 0 amide bonds. The molecule has 2 unspecified atom stereocenters. The normalized spacial score (nSPS) is 12.9. The molecule has 0 aliphatic heterocycles. The summed E-state index contributed by atoms with van der Waals surface area (Å²) < 4.78 is 33.3. The molecule has 0 saturated heterocycles. The van der Waals surface area contributed by atoms with Crippen LogP contribution in [0.1, 0.15) is 463 Å². The van der Waals surface area contributed by atoms with Crippen LogP contribution in [0.2, 0.25) is 0 Å². The van der Waals surface area contributed by atoms with Gasteiger partial charge in [-0.1, -0.05) is 436 Å². The summed E-state index contributed by atoms with van der Waals surface area (Å²) in [6.07, 6.45) is 105. The highest BCUT2D eigenvalue weighted by molar-refractivity contribution is 7.47. The van der Waals surface area contributed by atoms with Crippen LogP contribution in [0.3, 0.4) is 0 Å². The monoisotopic (exact) mass is 1360 g/mol. The number of esters is 2. The first-order valence-electron chi connectivity index (χ1n) is 42.5. The fraction of sp³-hybridized carbons (Fsp3) is 0.906. The van der Waals surface area contributed by atoms with Crippen LogP contribution in [0.25, 0.3) is 0 Å². The first kappa shape index (κ1) is 93.2. The molecule has 0 rings (SSSR count). The predicted molar refractivity (Wildman–Crippen MR) is 414 cm³/mol. The second-order valence-electron chi connectivity index (χ2n) is 29.1. The first-order valence-corrected chi connectivity index (χ1v) is 44.0. The van der Waals surface area contributed by atoms with Crippen molar-refractivity contribution in [1.82, 2.24) is 0 Å². The zero-order chi connectivity index (χ0) is 68.6. The van der Waals surface area contributed by atoms with Gasteiger partial charge < -0.3 is 20.1 Å². The summed E-state index contributed by atoms with van der Waals surface area (Å²) in [5.74, 6) is -0.801. The molecule has 0 heterocycles. The number of carbonyl (C=O) groups is 2. The number of phosphoric acid groups is 1. The third-order valence-corrected chi connectivity index (χ3v) is 20.5. The zero-order valence-corrected chi connectivity index (χ0v) is 64.6. The van der Waals surface area contributed by atoms with E-state index in [1.54, 1.807) is 0 Å². The number of unbranched alkanes of at least 4 members (excludes halogenated alkanes) is 63. The molecule has 10 heteroatoms. The van der Waals surface area contributed by atoms with Gasteiger partial charge in [0.2, 0.25) is 0 Å². The summed E-state index contributed by atoms with van der Waals surface area (Å²) >= 11 is 0. The number of phosphoric ester groups is 1. The average Bonchev–Trinajstić information content (AvgIpc) is 3.25. The van der Waals surface area contributed by atoms with Gasteiger partial charge in [-0.3, -0.25) is 18.6 Å². The molecule has 0 aliphatic carbocycles. The van der Waals surface area contributed by atoms with E-state index in [-0.39, 0.29) is 38.6 Å². The zero-order valence-electron chi connectivity index (χ0n) is 63.7. The van der Waals surface area contributed by atoms with Gasteiger partial charge in [0.1, 0.15) is 6.61 Å². The van der Waals surface area contributed by atoms with Crippen molar-refractivity contribution in [3.63, 3.8) is 0 Å². The SMILES string of the molecule is CCCCCCC/C=C\C/C=C\C/C=C\CCCCCCCCCCCCCCCCCCCCC(=O)OC(COC(=O)CCCCCCCCCCCCCCCCCCCCCCCCCCCCCCCCCCCCCCCCCCC)COP(=O)(O)OCCN. The summed E-state index contributed by atoms with van der Waals surface area (Å²) in [7, 11) is -4.39. The lowest BCUT2D eigenvalue weighted by atomic mass is 10.0. The van der Waals surface area contributed by atoms with Gasteiger partial charge in [-0.15, -0.1) is 0 Å². The maximum absolute atomic E-state index is 12.8. The molecule has 0 aliphatic rings. The quantitative estimate of drug-likeness (QED) is 0.0264. The van der Waals surface area contributed by atoms with E-state index in [0.717, 1.165) is 44.9 Å². The molecule has 3 N–H and O–H groups in total. The Morgan fingerprint density at radius 1 is 0.316 bits per heavy atom. The highest BCUT2D eigenvalue weighted by atomic mass is 31.2. The second-order valence-corrected chi connectivity index (χ2v) is 30.5. The number of allylic oxidation sites excluding steroid dienone is 6. The van der Waals surface area contributed by atoms with E-state index in [2.05, 4.69) is 50.3 Å². The molecule has 0 spiro atoms. The van der Waals surface area contributed by atoms with Crippen molar-refractivity contribution in [1.29, 1.82) is 0 Å². The molecule has 0 radical (unpaired) electrons. The van der Waals surface area contributed by atoms with E-state index >= 15 is 0 Å². The maximum atomic E-state index is 12.8. The van der Waals surface area contributed by atoms with Crippen molar-refractivity contribution in [3.05, 3.63) is 36.5 Å². The molecule has 0 fully saturated rings. The average molecular weight is 1360 g/mol. The Kier molecular flexibility index (Phi) is 79.7. The van der Waals surface area contributed by atoms with Crippen LogP contribution in [-0.2, 0) is 32.7 Å². The van der Waals surface area contributed by atoms with Gasteiger partial charge in [0.05, 0.1) is 13.2 Å². The number of nitrogens with two attached hydrogens (primary N) is 1. The number of hydrogen-bond donors (Lipinski definition) is 2. The van der Waals surface area contributed by atoms with Crippen LogP contribution < -0.4 is 5.73 Å². The van der Waals surface area contributed by atoms with Crippen molar-refractivity contribution in [2.45, 2.75) is 469 Å². The van der Waals surface area contributed by atoms with Crippen LogP contribution >= 0.6 is 7.82 Å². The number of ether oxygens (including phenoxy) is 2. The Balaban J connectivity index is 3.71. The molecule has 0 aromatic carbocycles. The highest BCUT2D eigenvalue weighted by Crippen LogP contribution is 2.43. The van der Waals surface area contributed by atoms with Gasteiger partial charge in [0.15, 0.2) is 6.10 Å². The Morgan fingerprint density at radius 3 is 0.811 bits per heavy atom. The fourth-order valence-electron chi connectivity index (χ4n) is 13.2. The van der Waals surface area contributed by atoms with Gasteiger partial charge in [0.25, 0.3) is 0 Å². The molecule has 9 nitrogen and oxygen atoms in total. The second kappa shape index (κ2) is 81.2. The minimum Gasteiger partial charge on any atom is -0.462 e. The number of rotatable bonds is 82. The number of carbonyl (C=O) groups excluding carboxylic acids is 2. The molecular weight excluding hydrogens is 1190 g/mol. The van der Waals surface area contributed by atoms with E-state index < -0.39 is 26.5 Å². The van der Waals surface area contributed by atoms with Crippen LogP contribution in [0.4, 0.5) is 0 Å². The Morgan fingerprint density at radius 2 is 0.547 bits per heavy atom. The molecular formula is C85H164NO8P. The molecule has 0 aromatic heterocycles. The minimum absolute atomic E-state index is 0.0563. The standard InChI is InChI=1S/C85H164NO8P/c1-3-5-7-9-11-13-15-17-19-21-23-25-27-29-31-33-35-37-38-39-40-41-42-43-44-46-47-49-51-53-55-57-59-61-63-65-67-69-71-73-75-77-84(87)91-81-83(82-93-95(89,90)92-80-79-86)94-85(88)78-76-74-72-70-68-66-64-62-60-58-56-54-52-50-48-45-36-34-32-30-28-26-24-22-20-18-16-14-12-10-8-6-4-2/h16,18,22,24,28,30,83H,3-15,17,19-21,23,25-27,29,31-82,86H2,1-2H3,(H,89,90)/b18-16-,24-22-,30-28-. The largest absolute Gasteiger partial charge is 0.472 e. The molecule has 95 heavy (non-hydrogen) atoms. The van der Waals surface area contributed by atoms with Gasteiger partial charge >= 0.3 is 19.8 Å². The molecule has 0 aromatic rings. The Hall–Kier alpha value is -1.77. The predicted octanol–water partition coefficient (Wildman–Crippen LogP) is 28.5. The maximum Gasteiger partial charge on any atom is 0.472 e. The molecule has 0 saturated carbocycles. The lowest BCUT2D eigenvalue weighted by Crippen LogP contribution is -2.29. The smallest absolute Gasteiger partial charge is 0.462 e. The summed E-state index contributed by atoms with van der Waals surface area (Å²) in [5, 5.41) is 0. The van der Waals surface area contributed by atoms with Crippen molar-refractivity contribution >= 4 is 19.8 Å². The van der Waals surface area contributed by atoms with E-state index in [1.165, 1.54) is 385 Å². The van der Waals surface area contributed by atoms with Crippen molar-refractivity contribution in [2.24, 2.45) is 5.73 Å². The summed E-state index contributed by atoms with van der Waals surface area (Å²) in [6, 6.07) is 0. The van der Waals surface area contributed by atoms with Gasteiger partial charge in [-0.05, 0) is 51.4 Å². The summed E-state index contributed by atoms with van der Waals surface area (Å²) in [6.45, 7) is 3.82. The number of hydrogen-bond acceptors (Lipinski definition) is 8. The van der Waals surface area contributed by atoms with Crippen LogP contribution in [-0.4, -0.2) is 49.3 Å². The molecule has 0 bridgehead atoms. The van der Waals surface area contributed by atoms with E-state index in [0.29, 0.717) is 6.42 Å². The van der Waals surface area contributed by atoms with Crippen LogP contribution in [0.5, 0.6) is 0 Å². The summed E-state index contributed by atoms with van der Waals surface area (Å²) in [4.78, 5) is 35.5. The molecule has 562 valence electrons. The summed E-state index contributed by atoms with van der Waals surface area (Å²) in [5.41, 5.74) is 5.42. The van der Waals surface area contributed by atoms with E-state index in [9.17, 15) is 19.0 Å². The Bertz CT molecular complexity index is 1650. The van der Waals surface area contributed by atoms with E-state index in [4.69, 9.17) is 24.3 Å². The van der Waals surface area contributed by atoms with Crippen LogP contribution in [0.15, 0.2) is 36.5 Å². The third-order valence-electron chi connectivity index (χ3n) is 19.5. The minimum atomic E-state index is -4.39. The van der Waals surface area contributed by atoms with Gasteiger partial charge in [0, 0.05) is 19.4 Å². The van der Waals surface area contributed by atoms with Crippen LogP contribution in [0, 0.1) is 0 Å². The van der Waals surface area contributed by atoms with Crippen molar-refractivity contribution in [2.75, 3.05) is 26.4 Å². The fourth-order valence-corrected chi connectivity index (χ4v) is 14.0. The van der Waals surface area contributed by atoms with Crippen molar-refractivity contribution < 1.29 is 37.6 Å². The van der Waals surface area contributed by atoms with Gasteiger partial charge in [-0.25, -0.2) is 4.57 Å². The highest BCUT2D eigenvalue weighted by Gasteiger charge is 2.26. The third kappa shape index (κ3) is 81.1. The first-order chi connectivity index (χ1) is 46.8. The van der Waals surface area contributed by atoms with E-state index in [1.807, 2.05) is 0 Å². The van der Waals surface area contributed by atoms with Gasteiger partial charge in [-0.2, -0.15) is 0 Å².